The van der Waals surface area contributed by atoms with Crippen LogP contribution in [0.15, 0.2) is 58.7 Å². The molecule has 2 atom stereocenters. The Morgan fingerprint density at radius 2 is 1.89 bits per heavy atom. The van der Waals surface area contributed by atoms with Gasteiger partial charge in [-0.1, -0.05) is 26.5 Å². The van der Waals surface area contributed by atoms with E-state index in [-0.39, 0.29) is 42.2 Å². The third-order valence-corrected chi connectivity index (χ3v) is 8.71. The number of amides is 1. The van der Waals surface area contributed by atoms with Gasteiger partial charge in [-0.2, -0.15) is 5.10 Å². The lowest BCUT2D eigenvalue weighted by Gasteiger charge is -2.38. The molecule has 10 nitrogen and oxygen atoms in total. The maximum atomic E-state index is 16.3. The SMILES string of the molecule is C=C(F)C(=O)N1CCC(n2c(=O)c(=O)n(-c3c(C)ccnc3C(C)C)c3nc(-c4c(C)ccc5[nH]ncc45)c(F)cc32)C[C@H]1C. The number of carbonyl (C=O) groups is 1. The number of likely N-dealkylation sites (tertiary alicyclic amines) is 1. The fourth-order valence-electron chi connectivity index (χ4n) is 6.53. The predicted molar refractivity (Wildman–Crippen MR) is 168 cm³/mol. The van der Waals surface area contributed by atoms with Crippen LogP contribution in [0.2, 0.25) is 0 Å². The summed E-state index contributed by atoms with van der Waals surface area (Å²) in [5, 5.41) is 7.68. The summed E-state index contributed by atoms with van der Waals surface area (Å²) in [5.74, 6) is -2.68. The van der Waals surface area contributed by atoms with Gasteiger partial charge in [-0.25, -0.2) is 13.8 Å². The van der Waals surface area contributed by atoms with E-state index in [4.69, 9.17) is 4.98 Å². The second-order valence-corrected chi connectivity index (χ2v) is 12.0. The second-order valence-electron chi connectivity index (χ2n) is 12.0. The van der Waals surface area contributed by atoms with Crippen LogP contribution in [0.5, 0.6) is 0 Å². The number of aryl methyl sites for hydroxylation is 2. The van der Waals surface area contributed by atoms with Gasteiger partial charge in [0.2, 0.25) is 0 Å². The first-order valence-corrected chi connectivity index (χ1v) is 14.8. The highest BCUT2D eigenvalue weighted by Crippen LogP contribution is 2.35. The number of halogens is 2. The van der Waals surface area contributed by atoms with Crippen molar-refractivity contribution >= 4 is 28.0 Å². The minimum atomic E-state index is -1.07. The van der Waals surface area contributed by atoms with Crippen molar-refractivity contribution in [2.24, 2.45) is 0 Å². The average molecular weight is 614 g/mol. The first-order chi connectivity index (χ1) is 21.4. The highest BCUT2D eigenvalue weighted by atomic mass is 19.1. The normalized spacial score (nSPS) is 17.0. The molecule has 5 heterocycles. The quantitative estimate of drug-likeness (QED) is 0.210. The fourth-order valence-corrected chi connectivity index (χ4v) is 6.53. The number of rotatable bonds is 5. The summed E-state index contributed by atoms with van der Waals surface area (Å²) in [6.07, 6.45) is 3.72. The molecule has 1 aromatic carbocycles. The molecule has 1 aliphatic heterocycles. The standard InChI is InChI=1S/C33H33F2N7O3/c1-16(2)27-29(18(4)9-11-36-27)42-30-25(14-23(35)28(38-30)26-17(3)7-8-24-22(26)15-37-39-24)41(32(44)33(42)45)21-10-12-40(19(5)13-21)31(43)20(6)34/h7-9,11,14-16,19,21H,6,10,12-13H2,1-5H3,(H,37,39)/t19-,21?/m1/s1. The molecule has 1 amide bonds. The molecule has 5 aromatic rings. The van der Waals surface area contributed by atoms with E-state index in [1.165, 1.54) is 20.1 Å². The topological polar surface area (TPSA) is 119 Å². The van der Waals surface area contributed by atoms with Crippen molar-refractivity contribution in [1.29, 1.82) is 0 Å². The average Bonchev–Trinajstić information content (AvgIpc) is 3.47. The zero-order chi connectivity index (χ0) is 32.3. The van der Waals surface area contributed by atoms with Gasteiger partial charge in [0.25, 0.3) is 5.91 Å². The number of hydrogen-bond acceptors (Lipinski definition) is 6. The Kier molecular flexibility index (Phi) is 7.46. The minimum Gasteiger partial charge on any atom is -0.334 e. The zero-order valence-electron chi connectivity index (χ0n) is 25.7. The fraction of sp³-hybridized carbons (Fsp3) is 0.333. The molecule has 1 unspecified atom stereocenters. The molecule has 0 spiro atoms. The molecule has 0 saturated carbocycles. The van der Waals surface area contributed by atoms with E-state index in [0.29, 0.717) is 33.4 Å². The molecular formula is C33H33F2N7O3. The highest BCUT2D eigenvalue weighted by molar-refractivity contribution is 5.96. The Labute approximate surface area is 257 Å². The van der Waals surface area contributed by atoms with Gasteiger partial charge in [-0.15, -0.1) is 0 Å². The van der Waals surface area contributed by atoms with Crippen molar-refractivity contribution in [3.63, 3.8) is 0 Å². The van der Waals surface area contributed by atoms with Gasteiger partial charge < -0.3 is 4.90 Å². The van der Waals surface area contributed by atoms with Gasteiger partial charge in [-0.3, -0.25) is 33.6 Å². The van der Waals surface area contributed by atoms with E-state index < -0.39 is 40.8 Å². The molecule has 4 aromatic heterocycles. The summed E-state index contributed by atoms with van der Waals surface area (Å²) in [7, 11) is 0. The lowest BCUT2D eigenvalue weighted by atomic mass is 9.97. The summed E-state index contributed by atoms with van der Waals surface area (Å²) in [6.45, 7) is 12.5. The van der Waals surface area contributed by atoms with Gasteiger partial charge in [0, 0.05) is 41.8 Å². The van der Waals surface area contributed by atoms with Crippen LogP contribution in [0.25, 0.3) is 39.0 Å². The molecule has 1 saturated heterocycles. The van der Waals surface area contributed by atoms with Crippen molar-refractivity contribution in [2.75, 3.05) is 6.54 Å². The summed E-state index contributed by atoms with van der Waals surface area (Å²) in [5.41, 5.74) is 2.18. The van der Waals surface area contributed by atoms with Gasteiger partial charge in [0.05, 0.1) is 28.6 Å². The van der Waals surface area contributed by atoms with Crippen LogP contribution in [0, 0.1) is 19.7 Å². The van der Waals surface area contributed by atoms with E-state index >= 15 is 4.39 Å². The van der Waals surface area contributed by atoms with Gasteiger partial charge in [0.1, 0.15) is 5.69 Å². The third-order valence-electron chi connectivity index (χ3n) is 8.71. The number of benzene rings is 1. The molecule has 232 valence electrons. The van der Waals surface area contributed by atoms with Gasteiger partial charge in [0.15, 0.2) is 17.3 Å². The molecule has 0 bridgehead atoms. The molecule has 1 aliphatic rings. The van der Waals surface area contributed by atoms with Crippen LogP contribution < -0.4 is 11.1 Å². The van der Waals surface area contributed by atoms with Crippen molar-refractivity contribution < 1.29 is 13.6 Å². The van der Waals surface area contributed by atoms with E-state index in [1.54, 1.807) is 25.4 Å². The largest absolute Gasteiger partial charge is 0.334 e. The number of nitrogens with one attached hydrogen (secondary N) is 1. The Morgan fingerprint density at radius 3 is 2.58 bits per heavy atom. The molecule has 0 aliphatic carbocycles. The Hall–Kier alpha value is -5.00. The number of aromatic amines is 1. The summed E-state index contributed by atoms with van der Waals surface area (Å²) < 4.78 is 32.6. The molecule has 45 heavy (non-hydrogen) atoms. The summed E-state index contributed by atoms with van der Waals surface area (Å²) in [6, 6.07) is 5.62. The van der Waals surface area contributed by atoms with Crippen LogP contribution in [0.3, 0.4) is 0 Å². The van der Waals surface area contributed by atoms with Crippen molar-refractivity contribution in [2.45, 2.75) is 65.5 Å². The predicted octanol–water partition coefficient (Wildman–Crippen LogP) is 5.40. The van der Waals surface area contributed by atoms with Crippen molar-refractivity contribution in [1.82, 2.24) is 34.2 Å². The molecular weight excluding hydrogens is 580 g/mol. The van der Waals surface area contributed by atoms with E-state index in [0.717, 1.165) is 5.56 Å². The van der Waals surface area contributed by atoms with Crippen molar-refractivity contribution in [3.8, 4) is 16.9 Å². The monoisotopic (exact) mass is 613 g/mol. The molecule has 0 radical (unpaired) electrons. The van der Waals surface area contributed by atoms with E-state index in [2.05, 4.69) is 21.8 Å². The number of nitrogens with zero attached hydrogens (tertiary/aromatic N) is 6. The maximum absolute atomic E-state index is 16.3. The smallest absolute Gasteiger partial charge is 0.322 e. The first kappa shape index (κ1) is 30.0. The van der Waals surface area contributed by atoms with Gasteiger partial charge >= 0.3 is 11.1 Å². The lowest BCUT2D eigenvalue weighted by Crippen LogP contribution is -2.49. The van der Waals surface area contributed by atoms with Crippen LogP contribution in [-0.2, 0) is 4.79 Å². The summed E-state index contributed by atoms with van der Waals surface area (Å²) >= 11 is 0. The molecule has 1 N–H and O–H groups in total. The van der Waals surface area contributed by atoms with Crippen LogP contribution in [0.4, 0.5) is 8.78 Å². The Morgan fingerprint density at radius 1 is 1.13 bits per heavy atom. The third kappa shape index (κ3) is 4.84. The number of aromatic nitrogens is 6. The van der Waals surface area contributed by atoms with Crippen LogP contribution in [-0.4, -0.2) is 52.7 Å². The first-order valence-electron chi connectivity index (χ1n) is 14.8. The number of carbonyl (C=O) groups excluding carboxylic acids is 1. The van der Waals surface area contributed by atoms with E-state index in [9.17, 15) is 18.8 Å². The van der Waals surface area contributed by atoms with Gasteiger partial charge in [-0.05, 0) is 62.8 Å². The maximum Gasteiger partial charge on any atom is 0.322 e. The van der Waals surface area contributed by atoms with Crippen LogP contribution in [0.1, 0.15) is 62.4 Å². The highest BCUT2D eigenvalue weighted by Gasteiger charge is 2.34. The summed E-state index contributed by atoms with van der Waals surface area (Å²) in [4.78, 5) is 51.4. The zero-order valence-corrected chi connectivity index (χ0v) is 25.7. The molecule has 12 heteroatoms. The minimum absolute atomic E-state index is 0.00762. The number of pyridine rings is 2. The van der Waals surface area contributed by atoms with E-state index in [1.807, 2.05) is 39.8 Å². The van der Waals surface area contributed by atoms with Crippen molar-refractivity contribution in [3.05, 3.63) is 92.4 Å². The van der Waals surface area contributed by atoms with Crippen LogP contribution >= 0.6 is 0 Å². The second kappa shape index (κ2) is 11.2. The molecule has 6 rings (SSSR count). The lowest BCUT2D eigenvalue weighted by molar-refractivity contribution is -0.132. The number of H-pyrrole nitrogens is 1. The number of fused-ring (bicyclic) bond motifs is 2. The number of hydrogen-bond donors (Lipinski definition) is 1. The Balaban J connectivity index is 1.68. The Bertz CT molecular complexity index is 2150. The molecule has 1 fully saturated rings. The number of piperidine rings is 1.